The highest BCUT2D eigenvalue weighted by atomic mass is 79.9. The van der Waals surface area contributed by atoms with Crippen molar-refractivity contribution in [1.29, 1.82) is 0 Å². The molecule has 0 aliphatic heterocycles. The molecule has 0 bridgehead atoms. The van der Waals surface area contributed by atoms with Crippen LogP contribution in [0, 0.1) is 0 Å². The maximum atomic E-state index is 8.94. The monoisotopic (exact) mass is 711 g/mol. The zero-order valence-corrected chi connectivity index (χ0v) is 28.4. The van der Waals surface area contributed by atoms with Crippen LogP contribution in [0.5, 0.6) is 5.75 Å². The minimum absolute atomic E-state index is 0.511. The van der Waals surface area contributed by atoms with Crippen LogP contribution in [-0.4, -0.2) is 12.7 Å². The van der Waals surface area contributed by atoms with E-state index in [1.54, 1.807) is 0 Å². The molecular weight excluding hydrogens is 683 g/mol. The number of benzene rings is 8. The fourth-order valence-corrected chi connectivity index (χ4v) is 6.81. The summed E-state index contributed by atoms with van der Waals surface area (Å²) in [5, 5.41) is 18.0. The highest BCUT2D eigenvalue weighted by molar-refractivity contribution is 9.10. The molecule has 0 unspecified atom stereocenters. The van der Waals surface area contributed by atoms with Crippen LogP contribution in [-0.2, 0) is 0 Å². The summed E-state index contributed by atoms with van der Waals surface area (Å²) in [4.78, 5) is 0. The second-order valence-corrected chi connectivity index (χ2v) is 12.6. The maximum Gasteiger partial charge on any atom is 0.569 e. The zero-order valence-electron chi connectivity index (χ0n) is 26.8. The molecule has 2 heterocycles. The molecule has 0 amide bonds. The first-order valence-corrected chi connectivity index (χ1v) is 17.0. The Bertz CT molecular complexity index is 2740. The van der Waals surface area contributed by atoms with E-state index < -0.39 is 0 Å². The summed E-state index contributed by atoms with van der Waals surface area (Å²) in [6.07, 6.45) is 0. The summed E-state index contributed by atoms with van der Waals surface area (Å²) in [5.41, 5.74) is 5.70. The molecule has 4 nitrogen and oxygen atoms in total. The van der Waals surface area contributed by atoms with Gasteiger partial charge in [0.25, 0.3) is 0 Å². The summed E-state index contributed by atoms with van der Waals surface area (Å²) in [6.45, 7) is 0. The van der Waals surface area contributed by atoms with Gasteiger partial charge in [0, 0.05) is 31.6 Å². The fourth-order valence-electron chi connectivity index (χ4n) is 6.51. The molecule has 8 aromatic carbocycles. The van der Waals surface area contributed by atoms with Crippen LogP contribution in [0.4, 0.5) is 0 Å². The lowest BCUT2D eigenvalue weighted by molar-refractivity contribution is 0.451. The van der Waals surface area contributed by atoms with Gasteiger partial charge in [0.2, 0.25) is 0 Å². The molecule has 239 valence electrons. The van der Waals surface area contributed by atoms with E-state index in [4.69, 9.17) is 18.5 Å². The SMILES string of the molecule is Brc1ccccc1.O[B]Oc1cc2ccccc2c2c1oc1ccccc12.c1ccc(-c2cc3ccccc3c3c2oc2ccccc23)cc1. The summed E-state index contributed by atoms with van der Waals surface area (Å²) in [7, 11) is 0.677. The van der Waals surface area contributed by atoms with Crippen LogP contribution in [0.15, 0.2) is 183 Å². The Morgan fingerprint density at radius 3 is 1.50 bits per heavy atom. The van der Waals surface area contributed by atoms with Gasteiger partial charge in [-0.1, -0.05) is 149 Å². The molecule has 1 N–H and O–H groups in total. The summed E-state index contributed by atoms with van der Waals surface area (Å²) < 4.78 is 18.5. The van der Waals surface area contributed by atoms with Crippen molar-refractivity contribution in [3.63, 3.8) is 0 Å². The number of hydrogen-bond acceptors (Lipinski definition) is 4. The molecule has 6 heteroatoms. The van der Waals surface area contributed by atoms with E-state index in [1.807, 2.05) is 97.1 Å². The molecule has 2 aromatic heterocycles. The predicted molar refractivity (Wildman–Crippen MR) is 211 cm³/mol. The van der Waals surface area contributed by atoms with Crippen molar-refractivity contribution in [3.05, 3.63) is 174 Å². The number of para-hydroxylation sites is 2. The number of furan rings is 2. The average Bonchev–Trinajstić information content (AvgIpc) is 3.76. The highest BCUT2D eigenvalue weighted by Crippen LogP contribution is 2.41. The van der Waals surface area contributed by atoms with Crippen LogP contribution >= 0.6 is 15.9 Å². The minimum atomic E-state index is 0.511. The molecule has 0 saturated carbocycles. The summed E-state index contributed by atoms with van der Waals surface area (Å²) >= 11 is 3.31. The third-order valence-electron chi connectivity index (χ3n) is 8.70. The third-order valence-corrected chi connectivity index (χ3v) is 9.23. The highest BCUT2D eigenvalue weighted by Gasteiger charge is 2.17. The van der Waals surface area contributed by atoms with Crippen LogP contribution < -0.4 is 4.65 Å². The number of fused-ring (bicyclic) bond motifs is 10. The van der Waals surface area contributed by atoms with Gasteiger partial charge in [0.15, 0.2) is 5.58 Å². The van der Waals surface area contributed by atoms with Gasteiger partial charge in [-0.2, -0.15) is 0 Å². The molecule has 10 rings (SSSR count). The summed E-state index contributed by atoms with van der Waals surface area (Å²) in [6, 6.07) is 57.2. The molecule has 50 heavy (non-hydrogen) atoms. The Hall–Kier alpha value is -5.82. The maximum absolute atomic E-state index is 8.94. The van der Waals surface area contributed by atoms with Gasteiger partial charge in [-0.15, -0.1) is 0 Å². The molecule has 0 aliphatic rings. The lowest BCUT2D eigenvalue weighted by Gasteiger charge is -2.06. The van der Waals surface area contributed by atoms with E-state index in [0.717, 1.165) is 48.3 Å². The first kappa shape index (κ1) is 31.5. The average molecular weight is 712 g/mol. The van der Waals surface area contributed by atoms with Gasteiger partial charge in [-0.05, 0) is 63.5 Å². The largest absolute Gasteiger partial charge is 0.569 e. The van der Waals surface area contributed by atoms with Gasteiger partial charge < -0.3 is 18.5 Å². The van der Waals surface area contributed by atoms with Gasteiger partial charge in [0.1, 0.15) is 22.5 Å². The van der Waals surface area contributed by atoms with Crippen molar-refractivity contribution >= 4 is 89.0 Å². The van der Waals surface area contributed by atoms with E-state index in [0.29, 0.717) is 19.0 Å². The van der Waals surface area contributed by atoms with Crippen LogP contribution in [0.1, 0.15) is 0 Å². The molecule has 0 spiro atoms. The Labute approximate surface area is 297 Å². The Kier molecular flexibility index (Phi) is 8.78. The second-order valence-electron chi connectivity index (χ2n) is 11.7. The fraction of sp³-hybridized carbons (Fsp3) is 0. The van der Waals surface area contributed by atoms with Gasteiger partial charge in [-0.3, -0.25) is 0 Å². The Balaban J connectivity index is 0.000000122. The van der Waals surface area contributed by atoms with Crippen molar-refractivity contribution in [3.8, 4) is 16.9 Å². The van der Waals surface area contributed by atoms with Crippen molar-refractivity contribution in [2.24, 2.45) is 0 Å². The predicted octanol–water partition coefficient (Wildman–Crippen LogP) is 12.5. The molecule has 0 atom stereocenters. The minimum Gasteiger partial charge on any atom is -0.535 e. The zero-order chi connectivity index (χ0) is 33.9. The van der Waals surface area contributed by atoms with Gasteiger partial charge in [0.05, 0.1) is 0 Å². The van der Waals surface area contributed by atoms with E-state index in [-0.39, 0.29) is 0 Å². The number of rotatable bonds is 3. The molecular formula is C44H29BBrO4. The number of hydrogen-bond donors (Lipinski definition) is 1. The normalized spacial score (nSPS) is 11.0. The van der Waals surface area contributed by atoms with Gasteiger partial charge >= 0.3 is 7.69 Å². The third kappa shape index (κ3) is 6.00. The molecule has 10 aromatic rings. The smallest absolute Gasteiger partial charge is 0.535 e. The van der Waals surface area contributed by atoms with E-state index in [2.05, 4.69) is 88.7 Å². The lowest BCUT2D eigenvalue weighted by atomic mass is 9.96. The Morgan fingerprint density at radius 1 is 0.480 bits per heavy atom. The van der Waals surface area contributed by atoms with Crippen molar-refractivity contribution in [2.45, 2.75) is 0 Å². The lowest BCUT2D eigenvalue weighted by Crippen LogP contribution is -1.99. The molecule has 0 saturated heterocycles. The first-order chi connectivity index (χ1) is 24.7. The van der Waals surface area contributed by atoms with Crippen LogP contribution in [0.25, 0.3) is 76.5 Å². The van der Waals surface area contributed by atoms with Crippen molar-refractivity contribution < 1.29 is 18.5 Å². The first-order valence-electron chi connectivity index (χ1n) is 16.2. The number of halogens is 1. The van der Waals surface area contributed by atoms with Crippen molar-refractivity contribution in [1.82, 2.24) is 0 Å². The molecule has 0 aliphatic carbocycles. The Morgan fingerprint density at radius 2 is 0.940 bits per heavy atom. The van der Waals surface area contributed by atoms with Crippen LogP contribution in [0.3, 0.4) is 0 Å². The topological polar surface area (TPSA) is 55.7 Å². The van der Waals surface area contributed by atoms with Crippen LogP contribution in [0.2, 0.25) is 0 Å². The second kappa shape index (κ2) is 14.0. The van der Waals surface area contributed by atoms with E-state index in [1.165, 1.54) is 27.1 Å². The standard InChI is InChI=1S/C22H14O.C16H10BO3.C6H5Br/c1-2-8-15(9-3-1)19-14-16-10-4-5-11-17(16)21-18-12-6-7-13-20(18)23-22(19)21;18-17-20-14-9-10-5-1-2-6-11(10)15-12-7-3-4-8-13(12)19-16(14)15;7-6-4-2-1-3-5-6/h1-14H;1-9,18H;1-5H. The quantitative estimate of drug-likeness (QED) is 0.185. The molecule has 0 fully saturated rings. The van der Waals surface area contributed by atoms with Crippen molar-refractivity contribution in [2.75, 3.05) is 0 Å². The summed E-state index contributed by atoms with van der Waals surface area (Å²) in [5.74, 6) is 0.511. The van der Waals surface area contributed by atoms with Gasteiger partial charge in [-0.25, -0.2) is 0 Å². The van der Waals surface area contributed by atoms with E-state index >= 15 is 0 Å². The van der Waals surface area contributed by atoms with E-state index in [9.17, 15) is 0 Å². The molecule has 1 radical (unpaired) electrons.